The van der Waals surface area contributed by atoms with E-state index in [0.717, 1.165) is 25.9 Å². The summed E-state index contributed by atoms with van der Waals surface area (Å²) in [5.74, 6) is -0.735. The van der Waals surface area contributed by atoms with Gasteiger partial charge in [0.15, 0.2) is 0 Å². The number of aliphatic carboxylic acids is 1. The third-order valence-corrected chi connectivity index (χ3v) is 5.54. The monoisotopic (exact) mass is 346 g/mol. The molecule has 0 atom stereocenters. The van der Waals surface area contributed by atoms with Crippen LogP contribution >= 0.6 is 27.3 Å². The van der Waals surface area contributed by atoms with Gasteiger partial charge in [-0.15, -0.1) is 11.3 Å². The summed E-state index contributed by atoms with van der Waals surface area (Å²) in [5, 5.41) is 14.5. The summed E-state index contributed by atoms with van der Waals surface area (Å²) in [7, 11) is 0. The van der Waals surface area contributed by atoms with E-state index in [4.69, 9.17) is 5.11 Å². The first-order chi connectivity index (χ1) is 9.10. The van der Waals surface area contributed by atoms with Crippen LogP contribution in [-0.4, -0.2) is 41.1 Å². The number of carbonyl (C=O) groups is 1. The molecule has 0 bridgehead atoms. The van der Waals surface area contributed by atoms with Gasteiger partial charge in [0.25, 0.3) is 0 Å². The third kappa shape index (κ3) is 4.02. The van der Waals surface area contributed by atoms with E-state index in [-0.39, 0.29) is 6.54 Å². The lowest BCUT2D eigenvalue weighted by Gasteiger charge is -2.42. The van der Waals surface area contributed by atoms with Crippen LogP contribution in [0.15, 0.2) is 15.9 Å². The Morgan fingerprint density at radius 3 is 2.89 bits per heavy atom. The predicted molar refractivity (Wildman–Crippen MR) is 80.6 cm³/mol. The fourth-order valence-corrected chi connectivity index (χ4v) is 3.86. The number of hydrogen-bond donors (Lipinski definition) is 2. The highest BCUT2D eigenvalue weighted by atomic mass is 79.9. The molecule has 0 aromatic carbocycles. The lowest BCUT2D eigenvalue weighted by Crippen LogP contribution is -2.53. The van der Waals surface area contributed by atoms with Crippen LogP contribution in [0, 0.1) is 0 Å². The molecule has 1 aliphatic carbocycles. The third-order valence-electron chi connectivity index (χ3n) is 3.62. The van der Waals surface area contributed by atoms with E-state index in [0.29, 0.717) is 12.1 Å². The van der Waals surface area contributed by atoms with Crippen molar-refractivity contribution < 1.29 is 9.90 Å². The van der Waals surface area contributed by atoms with Crippen LogP contribution in [0.3, 0.4) is 0 Å². The number of likely N-dealkylation sites (N-methyl/N-ethyl adjacent to an activating group) is 1. The minimum absolute atomic E-state index is 0.157. The van der Waals surface area contributed by atoms with Gasteiger partial charge in [-0.1, -0.05) is 6.92 Å². The quantitative estimate of drug-likeness (QED) is 0.796. The number of carboxylic acid groups (broad SMARTS) is 1. The van der Waals surface area contributed by atoms with Crippen molar-refractivity contribution in [2.24, 2.45) is 0 Å². The number of nitrogens with one attached hydrogen (secondary N) is 1. The summed E-state index contributed by atoms with van der Waals surface area (Å²) in [6.07, 6.45) is 2.09. The second-order valence-electron chi connectivity index (χ2n) is 4.85. The second-order valence-corrected chi connectivity index (χ2v) is 6.71. The highest BCUT2D eigenvalue weighted by Crippen LogP contribution is 2.27. The summed E-state index contributed by atoms with van der Waals surface area (Å²) < 4.78 is 1.17. The Morgan fingerprint density at radius 1 is 1.63 bits per heavy atom. The molecule has 1 aromatic rings. The number of thiophene rings is 1. The van der Waals surface area contributed by atoms with Crippen LogP contribution in [0.25, 0.3) is 0 Å². The van der Waals surface area contributed by atoms with Crippen molar-refractivity contribution in [1.29, 1.82) is 0 Å². The van der Waals surface area contributed by atoms with Crippen molar-refractivity contribution in [2.75, 3.05) is 13.1 Å². The first-order valence-electron chi connectivity index (χ1n) is 6.51. The minimum atomic E-state index is -0.735. The highest BCUT2D eigenvalue weighted by Gasteiger charge is 2.33. The van der Waals surface area contributed by atoms with Gasteiger partial charge in [0.1, 0.15) is 0 Å². The van der Waals surface area contributed by atoms with Crippen LogP contribution in [0.4, 0.5) is 0 Å². The summed E-state index contributed by atoms with van der Waals surface area (Å²) in [6.45, 7) is 3.87. The van der Waals surface area contributed by atoms with Gasteiger partial charge < -0.3 is 10.4 Å². The molecule has 4 nitrogen and oxygen atoms in total. The summed E-state index contributed by atoms with van der Waals surface area (Å²) in [4.78, 5) is 14.1. The summed E-state index contributed by atoms with van der Waals surface area (Å²) in [5.41, 5.74) is 0. The Hall–Kier alpha value is -0.430. The van der Waals surface area contributed by atoms with Gasteiger partial charge >= 0.3 is 5.97 Å². The molecule has 0 amide bonds. The van der Waals surface area contributed by atoms with Crippen LogP contribution in [0.5, 0.6) is 0 Å². The molecular weight excluding hydrogens is 328 g/mol. The van der Waals surface area contributed by atoms with E-state index in [1.165, 1.54) is 9.35 Å². The van der Waals surface area contributed by atoms with E-state index in [1.807, 2.05) is 11.8 Å². The smallest absolute Gasteiger partial charge is 0.317 e. The summed E-state index contributed by atoms with van der Waals surface area (Å²) in [6, 6.07) is 3.00. The van der Waals surface area contributed by atoms with E-state index in [1.54, 1.807) is 11.3 Å². The number of carboxylic acids is 1. The van der Waals surface area contributed by atoms with Gasteiger partial charge in [-0.3, -0.25) is 9.69 Å². The highest BCUT2D eigenvalue weighted by molar-refractivity contribution is 9.10. The number of hydrogen-bond acceptors (Lipinski definition) is 4. The van der Waals surface area contributed by atoms with Gasteiger partial charge in [-0.05, 0) is 46.8 Å². The molecule has 1 saturated carbocycles. The molecule has 1 heterocycles. The molecule has 0 radical (unpaired) electrons. The van der Waals surface area contributed by atoms with Crippen LogP contribution < -0.4 is 5.32 Å². The lowest BCUT2D eigenvalue weighted by atomic mass is 9.85. The van der Waals surface area contributed by atoms with Gasteiger partial charge in [-0.2, -0.15) is 0 Å². The maximum absolute atomic E-state index is 10.8. The molecule has 19 heavy (non-hydrogen) atoms. The average molecular weight is 347 g/mol. The van der Waals surface area contributed by atoms with Gasteiger partial charge in [0.05, 0.1) is 6.54 Å². The lowest BCUT2D eigenvalue weighted by molar-refractivity contribution is -0.139. The van der Waals surface area contributed by atoms with Crippen LogP contribution in [0.2, 0.25) is 0 Å². The van der Waals surface area contributed by atoms with Crippen molar-refractivity contribution >= 4 is 33.2 Å². The largest absolute Gasteiger partial charge is 0.480 e. The van der Waals surface area contributed by atoms with Crippen LogP contribution in [-0.2, 0) is 11.3 Å². The topological polar surface area (TPSA) is 52.6 Å². The van der Waals surface area contributed by atoms with Gasteiger partial charge in [0, 0.05) is 28.0 Å². The standard InChI is InChI=1S/C13H19BrN2O2S/c1-2-16(8-13(17)18)10-5-9(6-10)15-7-12-11(14)3-4-19-12/h3-4,9-10,15H,2,5-8H2,1H3,(H,17,18). The molecule has 1 fully saturated rings. The molecule has 6 heteroatoms. The molecule has 0 unspecified atom stereocenters. The van der Waals surface area contributed by atoms with Gasteiger partial charge in [0.2, 0.25) is 0 Å². The van der Waals surface area contributed by atoms with Crippen molar-refractivity contribution in [2.45, 2.75) is 38.4 Å². The fourth-order valence-electron chi connectivity index (χ4n) is 2.41. The van der Waals surface area contributed by atoms with Crippen molar-refractivity contribution in [3.8, 4) is 0 Å². The Labute approximate surface area is 125 Å². The van der Waals surface area contributed by atoms with Crippen molar-refractivity contribution in [1.82, 2.24) is 10.2 Å². The normalized spacial score (nSPS) is 22.5. The zero-order chi connectivity index (χ0) is 13.8. The number of halogens is 1. The molecule has 2 N–H and O–H groups in total. The number of rotatable bonds is 7. The Bertz CT molecular complexity index is 432. The average Bonchev–Trinajstić information content (AvgIpc) is 2.71. The van der Waals surface area contributed by atoms with Crippen LogP contribution in [0.1, 0.15) is 24.6 Å². The molecule has 2 rings (SSSR count). The molecule has 0 spiro atoms. The number of nitrogens with zero attached hydrogens (tertiary/aromatic N) is 1. The van der Waals surface area contributed by atoms with Gasteiger partial charge in [-0.25, -0.2) is 0 Å². The maximum atomic E-state index is 10.8. The fraction of sp³-hybridized carbons (Fsp3) is 0.615. The second kappa shape index (κ2) is 6.83. The first-order valence-corrected chi connectivity index (χ1v) is 8.18. The Morgan fingerprint density at radius 2 is 2.37 bits per heavy atom. The van der Waals surface area contributed by atoms with Crippen molar-refractivity contribution in [3.63, 3.8) is 0 Å². The van der Waals surface area contributed by atoms with E-state index in [2.05, 4.69) is 32.7 Å². The minimum Gasteiger partial charge on any atom is -0.480 e. The molecule has 0 aliphatic heterocycles. The van der Waals surface area contributed by atoms with E-state index < -0.39 is 5.97 Å². The SMILES string of the molecule is CCN(CC(=O)O)C1CC(NCc2sccc2Br)C1. The molecule has 1 aliphatic rings. The Balaban J connectivity index is 1.71. The predicted octanol–water partition coefficient (Wildman–Crippen LogP) is 2.54. The van der Waals surface area contributed by atoms with Crippen molar-refractivity contribution in [3.05, 3.63) is 20.8 Å². The molecule has 0 saturated heterocycles. The molecule has 106 valence electrons. The Kier molecular flexibility index (Phi) is 5.38. The molecular formula is C13H19BrN2O2S. The summed E-state index contributed by atoms with van der Waals surface area (Å²) >= 11 is 5.28. The van der Waals surface area contributed by atoms with E-state index in [9.17, 15) is 4.79 Å². The zero-order valence-electron chi connectivity index (χ0n) is 10.9. The molecule has 1 aromatic heterocycles. The first kappa shape index (κ1) is 15.0. The maximum Gasteiger partial charge on any atom is 0.317 e. The zero-order valence-corrected chi connectivity index (χ0v) is 13.3. The van der Waals surface area contributed by atoms with E-state index >= 15 is 0 Å².